The van der Waals surface area contributed by atoms with Crippen molar-refractivity contribution in [2.45, 2.75) is 19.1 Å². The van der Waals surface area contributed by atoms with Crippen molar-refractivity contribution < 1.29 is 4.74 Å². The quantitative estimate of drug-likeness (QED) is 0.810. The Balaban J connectivity index is 2.10. The zero-order valence-electron chi connectivity index (χ0n) is 8.22. The minimum atomic E-state index is -0.218. The number of hydrogen-bond acceptors (Lipinski definition) is 2. The van der Waals surface area contributed by atoms with E-state index in [1.165, 1.54) is 5.56 Å². The van der Waals surface area contributed by atoms with Gasteiger partial charge < -0.3 is 4.74 Å². The molecule has 0 spiro atoms. The van der Waals surface area contributed by atoms with Gasteiger partial charge in [0.1, 0.15) is 5.72 Å². The van der Waals surface area contributed by atoms with Crippen LogP contribution in [-0.4, -0.2) is 18.9 Å². The summed E-state index contributed by atoms with van der Waals surface area (Å²) in [6, 6.07) is 7.91. The summed E-state index contributed by atoms with van der Waals surface area (Å²) in [6.07, 6.45) is 0.855. The molecule has 2 rings (SSSR count). The maximum atomic E-state index is 5.91. The topological polar surface area (TPSA) is 21.3 Å². The van der Waals surface area contributed by atoms with Crippen molar-refractivity contribution in [3.63, 3.8) is 0 Å². The highest BCUT2D eigenvalue weighted by atomic mass is 35.5. The number of ether oxygens (including phenoxy) is 1. The molecule has 14 heavy (non-hydrogen) atoms. The lowest BCUT2D eigenvalue weighted by atomic mass is 10.0. The first-order valence-corrected chi connectivity index (χ1v) is 5.19. The molecular weight excluding hydrogens is 198 g/mol. The molecule has 0 aliphatic carbocycles. The van der Waals surface area contributed by atoms with E-state index in [4.69, 9.17) is 16.3 Å². The van der Waals surface area contributed by atoms with Gasteiger partial charge in [-0.2, -0.15) is 0 Å². The predicted octanol–water partition coefficient (Wildman–Crippen LogP) is 2.22. The average Bonchev–Trinajstić information content (AvgIpc) is 2.51. The van der Waals surface area contributed by atoms with Gasteiger partial charge in [0.25, 0.3) is 0 Å². The van der Waals surface area contributed by atoms with Crippen molar-refractivity contribution in [2.75, 3.05) is 13.2 Å². The smallest absolute Gasteiger partial charge is 0.120 e. The normalized spacial score (nSPS) is 26.7. The first-order chi connectivity index (χ1) is 6.68. The molecule has 1 aliphatic rings. The summed E-state index contributed by atoms with van der Waals surface area (Å²) in [5.41, 5.74) is 0.986. The van der Waals surface area contributed by atoms with Gasteiger partial charge in [-0.05, 0) is 24.6 Å². The summed E-state index contributed by atoms with van der Waals surface area (Å²) < 4.78 is 5.63. The van der Waals surface area contributed by atoms with Gasteiger partial charge in [-0.15, -0.1) is 0 Å². The monoisotopic (exact) mass is 211 g/mol. The molecule has 1 N–H and O–H groups in total. The van der Waals surface area contributed by atoms with E-state index in [1.807, 2.05) is 18.2 Å². The van der Waals surface area contributed by atoms with Crippen LogP contribution in [0.4, 0.5) is 0 Å². The molecule has 1 aromatic carbocycles. The maximum Gasteiger partial charge on any atom is 0.120 e. The summed E-state index contributed by atoms with van der Waals surface area (Å²) >= 11 is 5.91. The molecular formula is C11H14ClNO. The summed E-state index contributed by atoms with van der Waals surface area (Å²) in [5, 5.41) is 4.12. The Morgan fingerprint density at radius 1 is 1.57 bits per heavy atom. The fourth-order valence-electron chi connectivity index (χ4n) is 1.79. The Morgan fingerprint density at radius 3 is 3.07 bits per heavy atom. The van der Waals surface area contributed by atoms with Crippen LogP contribution in [0.1, 0.15) is 12.5 Å². The Kier molecular flexibility index (Phi) is 2.77. The van der Waals surface area contributed by atoms with E-state index >= 15 is 0 Å². The van der Waals surface area contributed by atoms with E-state index in [-0.39, 0.29) is 5.72 Å². The first-order valence-electron chi connectivity index (χ1n) is 4.81. The number of benzene rings is 1. The van der Waals surface area contributed by atoms with Crippen LogP contribution in [-0.2, 0) is 11.2 Å². The molecule has 1 aliphatic heterocycles. The van der Waals surface area contributed by atoms with E-state index in [0.717, 1.165) is 24.6 Å². The lowest BCUT2D eigenvalue weighted by molar-refractivity contribution is 0.00702. The number of halogens is 1. The van der Waals surface area contributed by atoms with Crippen LogP contribution in [0.3, 0.4) is 0 Å². The second-order valence-corrected chi connectivity index (χ2v) is 4.25. The lowest BCUT2D eigenvalue weighted by Crippen LogP contribution is -2.39. The molecule has 0 bridgehead atoms. The second kappa shape index (κ2) is 3.89. The Morgan fingerprint density at radius 2 is 2.43 bits per heavy atom. The summed E-state index contributed by atoms with van der Waals surface area (Å²) in [6.45, 7) is 3.79. The van der Waals surface area contributed by atoms with Gasteiger partial charge in [0.15, 0.2) is 0 Å². The van der Waals surface area contributed by atoms with E-state index in [9.17, 15) is 0 Å². The third kappa shape index (κ3) is 2.27. The van der Waals surface area contributed by atoms with Gasteiger partial charge in [0.05, 0.1) is 6.61 Å². The van der Waals surface area contributed by atoms with Crippen LogP contribution in [0.5, 0.6) is 0 Å². The molecule has 0 saturated carbocycles. The Labute approximate surface area is 89.2 Å². The fraction of sp³-hybridized carbons (Fsp3) is 0.455. The van der Waals surface area contributed by atoms with Crippen LogP contribution < -0.4 is 5.32 Å². The van der Waals surface area contributed by atoms with Crippen LogP contribution in [0.25, 0.3) is 0 Å². The molecule has 1 atom stereocenters. The first kappa shape index (κ1) is 9.97. The van der Waals surface area contributed by atoms with E-state index < -0.39 is 0 Å². The summed E-state index contributed by atoms with van der Waals surface area (Å²) in [4.78, 5) is 0. The number of nitrogens with one attached hydrogen (secondary N) is 1. The van der Waals surface area contributed by atoms with Gasteiger partial charge in [-0.3, -0.25) is 5.32 Å². The van der Waals surface area contributed by atoms with E-state index in [0.29, 0.717) is 0 Å². The van der Waals surface area contributed by atoms with Gasteiger partial charge in [-0.1, -0.05) is 23.7 Å². The maximum absolute atomic E-state index is 5.91. The summed E-state index contributed by atoms with van der Waals surface area (Å²) in [7, 11) is 0. The third-order valence-electron chi connectivity index (χ3n) is 2.45. The molecule has 1 unspecified atom stereocenters. The van der Waals surface area contributed by atoms with Crippen molar-refractivity contribution >= 4 is 11.6 Å². The van der Waals surface area contributed by atoms with Crippen molar-refractivity contribution in [1.29, 1.82) is 0 Å². The van der Waals surface area contributed by atoms with Crippen LogP contribution in [0, 0.1) is 0 Å². The van der Waals surface area contributed by atoms with E-state index in [2.05, 4.69) is 18.3 Å². The standard InChI is InChI=1S/C11H14ClNO/c1-11(13-5-6-14-11)8-9-3-2-4-10(12)7-9/h2-4,7,13H,5-6,8H2,1H3. The molecule has 3 heteroatoms. The molecule has 1 heterocycles. The van der Waals surface area contributed by atoms with E-state index in [1.54, 1.807) is 0 Å². The number of rotatable bonds is 2. The molecule has 2 nitrogen and oxygen atoms in total. The highest BCUT2D eigenvalue weighted by molar-refractivity contribution is 6.30. The van der Waals surface area contributed by atoms with Crippen molar-refractivity contribution in [3.8, 4) is 0 Å². The SMILES string of the molecule is CC1(Cc2cccc(Cl)c2)NCCO1. The summed E-state index contributed by atoms with van der Waals surface area (Å²) in [5.74, 6) is 0. The zero-order chi connectivity index (χ0) is 10.0. The highest BCUT2D eigenvalue weighted by Crippen LogP contribution is 2.20. The van der Waals surface area contributed by atoms with Crippen LogP contribution in [0.15, 0.2) is 24.3 Å². The van der Waals surface area contributed by atoms with Crippen LogP contribution >= 0.6 is 11.6 Å². The minimum absolute atomic E-state index is 0.218. The Bertz CT molecular complexity index is 321. The van der Waals surface area contributed by atoms with Crippen molar-refractivity contribution in [2.24, 2.45) is 0 Å². The molecule has 0 radical (unpaired) electrons. The predicted molar refractivity (Wildman–Crippen MR) is 57.5 cm³/mol. The molecule has 1 fully saturated rings. The molecule has 1 saturated heterocycles. The van der Waals surface area contributed by atoms with Crippen molar-refractivity contribution in [1.82, 2.24) is 5.32 Å². The highest BCUT2D eigenvalue weighted by Gasteiger charge is 2.28. The van der Waals surface area contributed by atoms with Crippen LogP contribution in [0.2, 0.25) is 5.02 Å². The van der Waals surface area contributed by atoms with Gasteiger partial charge in [0.2, 0.25) is 0 Å². The largest absolute Gasteiger partial charge is 0.359 e. The molecule has 0 aromatic heterocycles. The number of hydrogen-bond donors (Lipinski definition) is 1. The van der Waals surface area contributed by atoms with Crippen molar-refractivity contribution in [3.05, 3.63) is 34.9 Å². The third-order valence-corrected chi connectivity index (χ3v) is 2.69. The lowest BCUT2D eigenvalue weighted by Gasteiger charge is -2.23. The average molecular weight is 212 g/mol. The van der Waals surface area contributed by atoms with Gasteiger partial charge in [-0.25, -0.2) is 0 Å². The minimum Gasteiger partial charge on any atom is -0.359 e. The van der Waals surface area contributed by atoms with Gasteiger partial charge >= 0.3 is 0 Å². The molecule has 1 aromatic rings. The fourth-order valence-corrected chi connectivity index (χ4v) is 2.01. The van der Waals surface area contributed by atoms with Gasteiger partial charge in [0, 0.05) is 18.0 Å². The zero-order valence-corrected chi connectivity index (χ0v) is 8.97. The molecule has 76 valence electrons. The second-order valence-electron chi connectivity index (χ2n) is 3.81. The Hall–Kier alpha value is -0.570. The molecule has 0 amide bonds.